The van der Waals surface area contributed by atoms with Crippen LogP contribution in [0.15, 0.2) is 48.2 Å². The number of rotatable bonds is 7. The summed E-state index contributed by atoms with van der Waals surface area (Å²) in [5.41, 5.74) is 3.20. The van der Waals surface area contributed by atoms with E-state index >= 15 is 0 Å². The summed E-state index contributed by atoms with van der Waals surface area (Å²) in [6.45, 7) is 4.69. The fourth-order valence-corrected chi connectivity index (χ4v) is 3.52. The van der Waals surface area contributed by atoms with Gasteiger partial charge in [0.05, 0.1) is 5.57 Å². The molecule has 0 fully saturated rings. The number of hydrogen-bond donors (Lipinski definition) is 1. The second-order valence-corrected chi connectivity index (χ2v) is 7.28. The number of benzene rings is 2. The van der Waals surface area contributed by atoms with Crippen LogP contribution in [0.5, 0.6) is 11.5 Å². The zero-order chi connectivity index (χ0) is 20.4. The van der Waals surface area contributed by atoms with Crippen molar-refractivity contribution in [3.05, 3.63) is 59.3 Å². The molecule has 2 aromatic rings. The number of carbonyl (C=O) groups is 2. The van der Waals surface area contributed by atoms with Gasteiger partial charge >= 0.3 is 0 Å². The molecule has 0 bridgehead atoms. The third kappa shape index (κ3) is 3.70. The maximum atomic E-state index is 13.1. The molecule has 2 aromatic carbocycles. The van der Waals surface area contributed by atoms with E-state index in [2.05, 4.69) is 12.2 Å². The van der Waals surface area contributed by atoms with E-state index in [1.54, 1.807) is 12.1 Å². The molecule has 0 aliphatic carbocycles. The zero-order valence-electron chi connectivity index (χ0n) is 16.7. The van der Waals surface area contributed by atoms with Gasteiger partial charge in [-0.2, -0.15) is 0 Å². The fourth-order valence-electron chi connectivity index (χ4n) is 3.52. The summed E-state index contributed by atoms with van der Waals surface area (Å²) >= 11 is 0. The van der Waals surface area contributed by atoms with Crippen molar-refractivity contribution in [2.45, 2.75) is 33.1 Å². The maximum absolute atomic E-state index is 13.1. The third-order valence-corrected chi connectivity index (χ3v) is 5.14. The van der Waals surface area contributed by atoms with Crippen LogP contribution < -0.4 is 14.8 Å². The molecular formula is C23H24N2O4. The highest BCUT2D eigenvalue weighted by molar-refractivity contribution is 6.36. The molecule has 0 spiro atoms. The number of fused-ring (bicyclic) bond motifs is 1. The van der Waals surface area contributed by atoms with Crippen molar-refractivity contribution in [3.8, 4) is 11.5 Å². The molecule has 2 aliphatic heterocycles. The molecule has 4 rings (SSSR count). The lowest BCUT2D eigenvalue weighted by molar-refractivity contribution is -0.136. The summed E-state index contributed by atoms with van der Waals surface area (Å²) < 4.78 is 10.8. The van der Waals surface area contributed by atoms with Crippen LogP contribution in [-0.4, -0.2) is 30.1 Å². The molecule has 2 aliphatic rings. The lowest BCUT2D eigenvalue weighted by Gasteiger charge is -2.15. The second-order valence-electron chi connectivity index (χ2n) is 7.28. The highest BCUT2D eigenvalue weighted by atomic mass is 16.7. The molecule has 0 saturated carbocycles. The second kappa shape index (κ2) is 7.99. The Morgan fingerprint density at radius 3 is 2.48 bits per heavy atom. The van der Waals surface area contributed by atoms with E-state index in [0.717, 1.165) is 30.4 Å². The number of unbranched alkanes of at least 4 members (excludes halogenated alkanes) is 2. The van der Waals surface area contributed by atoms with Crippen molar-refractivity contribution in [3.63, 3.8) is 0 Å². The average molecular weight is 392 g/mol. The molecule has 150 valence electrons. The molecule has 0 radical (unpaired) electrons. The summed E-state index contributed by atoms with van der Waals surface area (Å²) in [6.07, 6.45) is 2.80. The Kier molecular flexibility index (Phi) is 5.25. The van der Waals surface area contributed by atoms with Gasteiger partial charge in [-0.3, -0.25) is 14.5 Å². The smallest absolute Gasteiger partial charge is 0.278 e. The molecule has 0 aromatic heterocycles. The normalized spacial score (nSPS) is 15.4. The molecule has 0 unspecified atom stereocenters. The Hall–Kier alpha value is -3.28. The predicted molar refractivity (Wildman–Crippen MR) is 111 cm³/mol. The molecule has 2 amide bonds. The van der Waals surface area contributed by atoms with E-state index in [1.807, 2.05) is 37.3 Å². The van der Waals surface area contributed by atoms with E-state index in [9.17, 15) is 9.59 Å². The van der Waals surface area contributed by atoms with Gasteiger partial charge in [0.25, 0.3) is 11.8 Å². The molecule has 2 heterocycles. The first kappa shape index (κ1) is 19.1. The zero-order valence-corrected chi connectivity index (χ0v) is 16.7. The number of nitrogens with zero attached hydrogens (tertiary/aromatic N) is 1. The van der Waals surface area contributed by atoms with Gasteiger partial charge in [0.2, 0.25) is 6.79 Å². The van der Waals surface area contributed by atoms with Crippen LogP contribution in [0, 0.1) is 6.92 Å². The Labute approximate surface area is 170 Å². The monoisotopic (exact) mass is 392 g/mol. The van der Waals surface area contributed by atoms with Gasteiger partial charge in [0, 0.05) is 18.3 Å². The first-order valence-corrected chi connectivity index (χ1v) is 9.92. The van der Waals surface area contributed by atoms with E-state index in [-0.39, 0.29) is 18.6 Å². The van der Waals surface area contributed by atoms with Crippen LogP contribution in [0.2, 0.25) is 0 Å². The minimum Gasteiger partial charge on any atom is -0.454 e. The van der Waals surface area contributed by atoms with Crippen molar-refractivity contribution < 1.29 is 19.1 Å². The fraction of sp³-hybridized carbons (Fsp3) is 0.304. The van der Waals surface area contributed by atoms with Crippen LogP contribution in [0.3, 0.4) is 0 Å². The van der Waals surface area contributed by atoms with Crippen molar-refractivity contribution in [1.82, 2.24) is 4.90 Å². The summed E-state index contributed by atoms with van der Waals surface area (Å²) in [5, 5.41) is 3.17. The average Bonchev–Trinajstić information content (AvgIpc) is 3.27. The van der Waals surface area contributed by atoms with E-state index < -0.39 is 0 Å². The summed E-state index contributed by atoms with van der Waals surface area (Å²) in [7, 11) is 0. The van der Waals surface area contributed by atoms with Gasteiger partial charge in [-0.25, -0.2) is 0 Å². The van der Waals surface area contributed by atoms with Crippen LogP contribution in [0.25, 0.3) is 5.57 Å². The summed E-state index contributed by atoms with van der Waals surface area (Å²) in [6, 6.07) is 13.0. The quantitative estimate of drug-likeness (QED) is 0.567. The topological polar surface area (TPSA) is 67.9 Å². The van der Waals surface area contributed by atoms with Crippen molar-refractivity contribution in [2.75, 3.05) is 18.7 Å². The first-order valence-electron chi connectivity index (χ1n) is 9.92. The number of anilines is 1. The minimum atomic E-state index is -0.292. The molecule has 6 nitrogen and oxygen atoms in total. The van der Waals surface area contributed by atoms with Crippen molar-refractivity contribution in [2.24, 2.45) is 0 Å². The molecule has 29 heavy (non-hydrogen) atoms. The maximum Gasteiger partial charge on any atom is 0.278 e. The lowest BCUT2D eigenvalue weighted by Crippen LogP contribution is -2.33. The highest BCUT2D eigenvalue weighted by Gasteiger charge is 2.38. The number of hydrogen-bond acceptors (Lipinski definition) is 5. The lowest BCUT2D eigenvalue weighted by atomic mass is 10.0. The number of nitrogens with one attached hydrogen (secondary N) is 1. The van der Waals surface area contributed by atoms with E-state index in [4.69, 9.17) is 9.47 Å². The SMILES string of the molecule is CCCCCN1C(=O)C(Nc2ccc3c(c2)OCO3)=C(c2ccc(C)cc2)C1=O. The summed E-state index contributed by atoms with van der Waals surface area (Å²) in [5.74, 6) is 0.736. The van der Waals surface area contributed by atoms with Crippen LogP contribution in [0.4, 0.5) is 5.69 Å². The third-order valence-electron chi connectivity index (χ3n) is 5.14. The van der Waals surface area contributed by atoms with Crippen LogP contribution >= 0.6 is 0 Å². The van der Waals surface area contributed by atoms with Crippen molar-refractivity contribution >= 4 is 23.1 Å². The first-order chi connectivity index (χ1) is 14.1. The molecule has 0 saturated heterocycles. The van der Waals surface area contributed by atoms with Gasteiger partial charge in [-0.1, -0.05) is 49.6 Å². The van der Waals surface area contributed by atoms with Gasteiger partial charge in [0.15, 0.2) is 11.5 Å². The molecular weight excluding hydrogens is 368 g/mol. The highest BCUT2D eigenvalue weighted by Crippen LogP contribution is 2.36. The number of ether oxygens (including phenoxy) is 2. The van der Waals surface area contributed by atoms with E-state index in [1.165, 1.54) is 4.90 Å². The Bertz CT molecular complexity index is 979. The van der Waals surface area contributed by atoms with Crippen LogP contribution in [0.1, 0.15) is 37.3 Å². The summed E-state index contributed by atoms with van der Waals surface area (Å²) in [4.78, 5) is 27.6. The van der Waals surface area contributed by atoms with Gasteiger partial charge in [-0.05, 0) is 31.0 Å². The van der Waals surface area contributed by atoms with E-state index in [0.29, 0.717) is 35.0 Å². The molecule has 6 heteroatoms. The predicted octanol–water partition coefficient (Wildman–Crippen LogP) is 4.11. The van der Waals surface area contributed by atoms with Gasteiger partial charge in [0.1, 0.15) is 5.70 Å². The minimum absolute atomic E-state index is 0.179. The number of amides is 2. The Balaban J connectivity index is 1.69. The number of aryl methyl sites for hydroxylation is 1. The standard InChI is InChI=1S/C23H24N2O4/c1-3-4-5-12-25-22(26)20(16-8-6-15(2)7-9-16)21(23(25)27)24-17-10-11-18-19(13-17)29-14-28-18/h6-11,13,24H,3-5,12,14H2,1-2H3. The van der Waals surface area contributed by atoms with Crippen LogP contribution in [-0.2, 0) is 9.59 Å². The Morgan fingerprint density at radius 1 is 0.966 bits per heavy atom. The van der Waals surface area contributed by atoms with Gasteiger partial charge in [-0.15, -0.1) is 0 Å². The number of imide groups is 1. The number of carbonyl (C=O) groups excluding carboxylic acids is 2. The van der Waals surface area contributed by atoms with Crippen molar-refractivity contribution in [1.29, 1.82) is 0 Å². The molecule has 0 atom stereocenters. The largest absolute Gasteiger partial charge is 0.454 e. The van der Waals surface area contributed by atoms with Gasteiger partial charge < -0.3 is 14.8 Å². The Morgan fingerprint density at radius 2 is 1.72 bits per heavy atom. The molecule has 1 N–H and O–H groups in total.